The van der Waals surface area contributed by atoms with E-state index in [0.29, 0.717) is 11.3 Å². The third-order valence-corrected chi connectivity index (χ3v) is 2.69. The Kier molecular flexibility index (Phi) is 5.75. The van der Waals surface area contributed by atoms with Crippen LogP contribution < -0.4 is 16.1 Å². The second kappa shape index (κ2) is 8.23. The highest BCUT2D eigenvalue weighted by Gasteiger charge is 2.04. The average Bonchev–Trinajstić information content (AvgIpc) is 3.04. The average molecular weight is 316 g/mol. The van der Waals surface area contributed by atoms with Gasteiger partial charge in [-0.25, -0.2) is 10.2 Å². The summed E-state index contributed by atoms with van der Waals surface area (Å²) in [6.45, 7) is 0.0114. The van der Waals surface area contributed by atoms with E-state index in [1.54, 1.807) is 24.3 Å². The molecule has 8 nitrogen and oxygen atoms in total. The fourth-order valence-electron chi connectivity index (χ4n) is 1.63. The summed E-state index contributed by atoms with van der Waals surface area (Å²) in [6, 6.07) is 9.35. The second-order valence-corrected chi connectivity index (χ2v) is 4.50. The van der Waals surface area contributed by atoms with E-state index in [-0.39, 0.29) is 18.8 Å². The molecular weight excluding hydrogens is 300 g/mol. The molecule has 4 N–H and O–H groups in total. The van der Waals surface area contributed by atoms with Crippen molar-refractivity contribution in [1.82, 2.24) is 16.1 Å². The monoisotopic (exact) mass is 316 g/mol. The number of carbonyl (C=O) groups excluding carboxylic acids is 2. The molecule has 0 aliphatic carbocycles. The fourth-order valence-corrected chi connectivity index (χ4v) is 1.63. The number of furan rings is 1. The van der Waals surface area contributed by atoms with Gasteiger partial charge in [-0.1, -0.05) is 12.1 Å². The molecule has 2 aromatic rings. The highest BCUT2D eigenvalue weighted by molar-refractivity contribution is 5.85. The summed E-state index contributed by atoms with van der Waals surface area (Å²) in [4.78, 5) is 23.0. The molecule has 0 saturated carbocycles. The van der Waals surface area contributed by atoms with Crippen molar-refractivity contribution < 1.29 is 19.1 Å². The quantitative estimate of drug-likeness (QED) is 0.468. The highest BCUT2D eigenvalue weighted by Crippen LogP contribution is 2.08. The van der Waals surface area contributed by atoms with Crippen molar-refractivity contribution in [1.29, 1.82) is 0 Å². The summed E-state index contributed by atoms with van der Waals surface area (Å²) in [5, 5.41) is 17.9. The molecule has 2 rings (SSSR count). The van der Waals surface area contributed by atoms with Gasteiger partial charge in [-0.2, -0.15) is 5.10 Å². The molecule has 120 valence electrons. The molecule has 0 saturated heterocycles. The molecule has 1 heterocycles. The van der Waals surface area contributed by atoms with Gasteiger partial charge in [0.25, 0.3) is 5.91 Å². The van der Waals surface area contributed by atoms with Crippen molar-refractivity contribution in [2.75, 3.05) is 6.54 Å². The van der Waals surface area contributed by atoms with Crippen LogP contribution in [-0.2, 0) is 11.3 Å². The van der Waals surface area contributed by atoms with Gasteiger partial charge in [0, 0.05) is 0 Å². The number of phenolic OH excluding ortho intramolecular Hbond substituents is 1. The van der Waals surface area contributed by atoms with Crippen LogP contribution in [-0.4, -0.2) is 29.8 Å². The molecular formula is C15H16N4O4. The number of aromatic hydroxyl groups is 1. The van der Waals surface area contributed by atoms with E-state index in [0.717, 1.165) is 0 Å². The molecule has 0 fully saturated rings. The first-order valence-corrected chi connectivity index (χ1v) is 6.78. The van der Waals surface area contributed by atoms with Crippen LogP contribution in [0.5, 0.6) is 5.75 Å². The zero-order chi connectivity index (χ0) is 16.5. The van der Waals surface area contributed by atoms with Gasteiger partial charge >= 0.3 is 6.03 Å². The largest absolute Gasteiger partial charge is 0.508 e. The van der Waals surface area contributed by atoms with Gasteiger partial charge in [-0.3, -0.25) is 4.79 Å². The Morgan fingerprint density at radius 3 is 2.83 bits per heavy atom. The first-order chi connectivity index (χ1) is 11.1. The van der Waals surface area contributed by atoms with Crippen LogP contribution in [0, 0.1) is 0 Å². The lowest BCUT2D eigenvalue weighted by molar-refractivity contribution is -0.120. The van der Waals surface area contributed by atoms with Gasteiger partial charge in [-0.15, -0.1) is 0 Å². The lowest BCUT2D eigenvalue weighted by Gasteiger charge is -2.05. The normalized spacial score (nSPS) is 10.4. The number of benzene rings is 1. The van der Waals surface area contributed by atoms with Crippen molar-refractivity contribution in [3.8, 4) is 5.75 Å². The second-order valence-electron chi connectivity index (χ2n) is 4.50. The van der Waals surface area contributed by atoms with Crippen molar-refractivity contribution >= 4 is 18.2 Å². The van der Waals surface area contributed by atoms with Crippen LogP contribution in [0.25, 0.3) is 0 Å². The van der Waals surface area contributed by atoms with Crippen LogP contribution in [0.4, 0.5) is 4.79 Å². The Hall–Kier alpha value is -3.29. The zero-order valence-corrected chi connectivity index (χ0v) is 12.2. The van der Waals surface area contributed by atoms with Gasteiger partial charge < -0.3 is 20.2 Å². The number of rotatable bonds is 6. The summed E-state index contributed by atoms with van der Waals surface area (Å²) in [5.74, 6) is 0.241. The number of urea groups is 1. The minimum atomic E-state index is -0.492. The molecule has 23 heavy (non-hydrogen) atoms. The smallest absolute Gasteiger partial charge is 0.315 e. The number of nitrogens with zero attached hydrogens (tertiary/aromatic N) is 1. The van der Waals surface area contributed by atoms with Crippen LogP contribution in [0.15, 0.2) is 52.2 Å². The fraction of sp³-hybridized carbons (Fsp3) is 0.133. The minimum Gasteiger partial charge on any atom is -0.508 e. The standard InChI is InChI=1S/C15H16N4O4/c20-12-4-1-3-11(7-12)8-18-19-14(21)10-17-15(22)16-9-13-5-2-6-23-13/h1-8,20H,9-10H2,(H,19,21)(H2,16,17,22). The van der Waals surface area contributed by atoms with Gasteiger partial charge in [-0.05, 0) is 29.8 Å². The number of hydrazone groups is 1. The van der Waals surface area contributed by atoms with E-state index in [1.807, 2.05) is 0 Å². The van der Waals surface area contributed by atoms with E-state index in [1.165, 1.54) is 24.6 Å². The van der Waals surface area contributed by atoms with E-state index < -0.39 is 11.9 Å². The van der Waals surface area contributed by atoms with Gasteiger partial charge in [0.05, 0.1) is 19.0 Å². The van der Waals surface area contributed by atoms with Gasteiger partial charge in [0.1, 0.15) is 18.1 Å². The van der Waals surface area contributed by atoms with Crippen LogP contribution in [0.3, 0.4) is 0 Å². The first kappa shape index (κ1) is 16.1. The molecule has 0 bridgehead atoms. The van der Waals surface area contributed by atoms with Crippen LogP contribution in [0.1, 0.15) is 11.3 Å². The van der Waals surface area contributed by atoms with E-state index in [4.69, 9.17) is 4.42 Å². The van der Waals surface area contributed by atoms with Crippen molar-refractivity contribution in [3.05, 3.63) is 54.0 Å². The molecule has 1 aromatic heterocycles. The van der Waals surface area contributed by atoms with Crippen LogP contribution >= 0.6 is 0 Å². The number of nitrogens with one attached hydrogen (secondary N) is 3. The highest BCUT2D eigenvalue weighted by atomic mass is 16.3. The Balaban J connectivity index is 1.65. The van der Waals surface area contributed by atoms with Crippen molar-refractivity contribution in [2.45, 2.75) is 6.54 Å². The third kappa shape index (κ3) is 5.92. The Morgan fingerprint density at radius 1 is 1.22 bits per heavy atom. The number of carbonyl (C=O) groups is 2. The van der Waals surface area contributed by atoms with Crippen LogP contribution in [0.2, 0.25) is 0 Å². The summed E-state index contributed by atoms with van der Waals surface area (Å²) in [7, 11) is 0. The summed E-state index contributed by atoms with van der Waals surface area (Å²) < 4.78 is 5.05. The molecule has 3 amide bonds. The Labute approximate surface area is 132 Å². The molecule has 0 aliphatic heterocycles. The Morgan fingerprint density at radius 2 is 2.09 bits per heavy atom. The van der Waals surface area contributed by atoms with Gasteiger partial charge in [0.2, 0.25) is 0 Å². The van der Waals surface area contributed by atoms with Crippen molar-refractivity contribution in [3.63, 3.8) is 0 Å². The maximum atomic E-state index is 11.5. The lowest BCUT2D eigenvalue weighted by Crippen LogP contribution is -2.40. The molecule has 1 aromatic carbocycles. The van der Waals surface area contributed by atoms with Gasteiger partial charge in [0.15, 0.2) is 0 Å². The molecule has 0 spiro atoms. The molecule has 0 atom stereocenters. The summed E-state index contributed by atoms with van der Waals surface area (Å²) in [5.41, 5.74) is 2.90. The maximum absolute atomic E-state index is 11.5. The lowest BCUT2D eigenvalue weighted by atomic mass is 10.2. The van der Waals surface area contributed by atoms with E-state index in [9.17, 15) is 14.7 Å². The SMILES string of the molecule is O=C(CNC(=O)NCc1ccco1)NN=Cc1cccc(O)c1. The molecule has 0 radical (unpaired) electrons. The predicted molar refractivity (Wildman–Crippen MR) is 82.8 cm³/mol. The number of amides is 3. The summed E-state index contributed by atoms with van der Waals surface area (Å²) >= 11 is 0. The predicted octanol–water partition coefficient (Wildman–Crippen LogP) is 0.935. The molecule has 8 heteroatoms. The van der Waals surface area contributed by atoms with Crippen molar-refractivity contribution in [2.24, 2.45) is 5.10 Å². The molecule has 0 unspecified atom stereocenters. The minimum absolute atomic E-state index is 0.107. The van der Waals surface area contributed by atoms with E-state index in [2.05, 4.69) is 21.2 Å². The third-order valence-electron chi connectivity index (χ3n) is 2.69. The van der Waals surface area contributed by atoms with E-state index >= 15 is 0 Å². The number of phenols is 1. The maximum Gasteiger partial charge on any atom is 0.315 e. The number of hydrogen-bond acceptors (Lipinski definition) is 5. The topological polar surface area (TPSA) is 116 Å². The summed E-state index contributed by atoms with van der Waals surface area (Å²) in [6.07, 6.45) is 2.89. The number of hydrogen-bond donors (Lipinski definition) is 4. The zero-order valence-electron chi connectivity index (χ0n) is 12.2. The first-order valence-electron chi connectivity index (χ1n) is 6.78. The Bertz CT molecular complexity index is 683. The molecule has 0 aliphatic rings.